The summed E-state index contributed by atoms with van der Waals surface area (Å²) in [6.45, 7) is 0.726. The van der Waals surface area contributed by atoms with Gasteiger partial charge in [-0.05, 0) is 42.5 Å². The molecule has 32 heavy (non-hydrogen) atoms. The molecule has 0 aliphatic heterocycles. The molecule has 0 amide bonds. The minimum absolute atomic E-state index is 0.0251. The summed E-state index contributed by atoms with van der Waals surface area (Å²) in [6, 6.07) is 8.91. The molecule has 3 N–H and O–H groups in total. The van der Waals surface area contributed by atoms with Crippen molar-refractivity contribution in [2.24, 2.45) is 0 Å². The standard InChI is InChI=1S/C18H21F2N5O5S2/c1-3-24(4-2)32(28,29)16-11-13(25(26)27)7-10-15(16)22-23-18(31)21-12-5-8-14(9-6-12)30-17(19)20/h5-11,17,22H,3-4H2,1-2H3,(H2,21,23,31). The van der Waals surface area contributed by atoms with Gasteiger partial charge in [0.15, 0.2) is 5.11 Å². The van der Waals surface area contributed by atoms with Crippen LogP contribution in [0.2, 0.25) is 0 Å². The number of nitrogens with zero attached hydrogens (tertiary/aromatic N) is 2. The number of nitro groups is 1. The summed E-state index contributed by atoms with van der Waals surface area (Å²) in [6.07, 6.45) is 0. The van der Waals surface area contributed by atoms with Gasteiger partial charge < -0.3 is 10.1 Å². The van der Waals surface area contributed by atoms with E-state index in [1.165, 1.54) is 30.3 Å². The Hall–Kier alpha value is -3.10. The van der Waals surface area contributed by atoms with E-state index in [4.69, 9.17) is 12.2 Å². The number of non-ortho nitro benzene ring substituents is 1. The Bertz CT molecular complexity index is 1060. The molecule has 0 aliphatic carbocycles. The van der Waals surface area contributed by atoms with Crippen molar-refractivity contribution in [3.8, 4) is 5.75 Å². The second-order valence-corrected chi connectivity index (χ2v) is 8.45. The van der Waals surface area contributed by atoms with Crippen LogP contribution in [0.5, 0.6) is 5.75 Å². The van der Waals surface area contributed by atoms with Crippen LogP contribution in [-0.4, -0.2) is 42.5 Å². The van der Waals surface area contributed by atoms with E-state index >= 15 is 0 Å². The van der Waals surface area contributed by atoms with E-state index in [0.29, 0.717) is 5.69 Å². The van der Waals surface area contributed by atoms with Crippen LogP contribution >= 0.6 is 12.2 Å². The smallest absolute Gasteiger partial charge is 0.387 e. The average molecular weight is 490 g/mol. The zero-order valence-electron chi connectivity index (χ0n) is 17.0. The highest BCUT2D eigenvalue weighted by Gasteiger charge is 2.27. The molecule has 0 saturated carbocycles. The van der Waals surface area contributed by atoms with Gasteiger partial charge >= 0.3 is 6.61 Å². The second-order valence-electron chi connectivity index (χ2n) is 6.13. The van der Waals surface area contributed by atoms with Crippen LogP contribution in [0.15, 0.2) is 47.4 Å². The molecular weight excluding hydrogens is 468 g/mol. The number of sulfonamides is 1. The Balaban J connectivity index is 2.18. The topological polar surface area (TPSA) is 126 Å². The van der Waals surface area contributed by atoms with Crippen molar-refractivity contribution in [1.29, 1.82) is 0 Å². The van der Waals surface area contributed by atoms with Gasteiger partial charge in [-0.2, -0.15) is 13.1 Å². The molecule has 0 spiro atoms. The maximum Gasteiger partial charge on any atom is 0.387 e. The van der Waals surface area contributed by atoms with E-state index in [1.54, 1.807) is 13.8 Å². The summed E-state index contributed by atoms with van der Waals surface area (Å²) >= 11 is 5.14. The monoisotopic (exact) mass is 489 g/mol. The van der Waals surface area contributed by atoms with Gasteiger partial charge in [-0.15, -0.1) is 0 Å². The first kappa shape index (κ1) is 25.2. The molecule has 0 atom stereocenters. The number of hydrazine groups is 1. The molecule has 0 fully saturated rings. The van der Waals surface area contributed by atoms with Gasteiger partial charge in [-0.1, -0.05) is 13.8 Å². The lowest BCUT2D eigenvalue weighted by Gasteiger charge is -2.21. The number of thiocarbonyl (C=S) groups is 1. The van der Waals surface area contributed by atoms with Crippen molar-refractivity contribution in [1.82, 2.24) is 9.73 Å². The lowest BCUT2D eigenvalue weighted by molar-refractivity contribution is -0.385. The third-order valence-electron chi connectivity index (χ3n) is 4.15. The largest absolute Gasteiger partial charge is 0.435 e. The number of rotatable bonds is 10. The SMILES string of the molecule is CCN(CC)S(=O)(=O)c1cc([N+](=O)[O-])ccc1NNC(=S)Nc1ccc(OC(F)F)cc1. The number of anilines is 2. The van der Waals surface area contributed by atoms with E-state index in [9.17, 15) is 27.3 Å². The number of nitrogens with one attached hydrogen (secondary N) is 3. The zero-order valence-corrected chi connectivity index (χ0v) is 18.7. The molecule has 2 rings (SSSR count). The van der Waals surface area contributed by atoms with E-state index in [2.05, 4.69) is 20.9 Å². The van der Waals surface area contributed by atoms with Crippen molar-refractivity contribution in [2.75, 3.05) is 23.8 Å². The number of ether oxygens (including phenoxy) is 1. The van der Waals surface area contributed by atoms with Gasteiger partial charge in [0.25, 0.3) is 5.69 Å². The van der Waals surface area contributed by atoms with Crippen LogP contribution in [0.3, 0.4) is 0 Å². The van der Waals surface area contributed by atoms with Gasteiger partial charge in [0.05, 0.1) is 10.6 Å². The van der Waals surface area contributed by atoms with Gasteiger partial charge in [-0.3, -0.25) is 21.0 Å². The summed E-state index contributed by atoms with van der Waals surface area (Å²) in [4.78, 5) is 10.2. The predicted molar refractivity (Wildman–Crippen MR) is 119 cm³/mol. The molecule has 174 valence electrons. The van der Waals surface area contributed by atoms with Gasteiger partial charge in [-0.25, -0.2) is 8.42 Å². The number of hydrogen-bond donors (Lipinski definition) is 3. The molecule has 0 saturated heterocycles. The van der Waals surface area contributed by atoms with Crippen molar-refractivity contribution in [2.45, 2.75) is 25.4 Å². The molecule has 0 aromatic heterocycles. The van der Waals surface area contributed by atoms with Gasteiger partial charge in [0, 0.05) is 30.9 Å². The second kappa shape index (κ2) is 11.0. The summed E-state index contributed by atoms with van der Waals surface area (Å²) in [5, 5.41) is 13.9. The summed E-state index contributed by atoms with van der Waals surface area (Å²) < 4.78 is 55.8. The number of benzene rings is 2. The Morgan fingerprint density at radius 1 is 1.19 bits per heavy atom. The Morgan fingerprint density at radius 3 is 2.34 bits per heavy atom. The van der Waals surface area contributed by atoms with Crippen LogP contribution in [0.25, 0.3) is 0 Å². The fourth-order valence-electron chi connectivity index (χ4n) is 2.65. The first-order chi connectivity index (χ1) is 15.1. The van der Waals surface area contributed by atoms with E-state index < -0.39 is 21.6 Å². The van der Waals surface area contributed by atoms with Crippen molar-refractivity contribution in [3.63, 3.8) is 0 Å². The maximum absolute atomic E-state index is 13.0. The molecule has 10 nitrogen and oxygen atoms in total. The molecule has 14 heteroatoms. The highest BCUT2D eigenvalue weighted by molar-refractivity contribution is 7.89. The molecule has 2 aromatic carbocycles. The van der Waals surface area contributed by atoms with Crippen LogP contribution in [0, 0.1) is 10.1 Å². The lowest BCUT2D eigenvalue weighted by atomic mass is 10.3. The predicted octanol–water partition coefficient (Wildman–Crippen LogP) is 3.54. The fourth-order valence-corrected chi connectivity index (χ4v) is 4.44. The van der Waals surface area contributed by atoms with Crippen molar-refractivity contribution >= 4 is 44.4 Å². The van der Waals surface area contributed by atoms with Crippen LogP contribution in [-0.2, 0) is 10.0 Å². The maximum atomic E-state index is 13.0. The number of halogens is 2. The molecule has 0 heterocycles. The Labute approximate surface area is 188 Å². The quantitative estimate of drug-likeness (QED) is 0.261. The fraction of sp³-hybridized carbons (Fsp3) is 0.278. The van der Waals surface area contributed by atoms with Crippen LogP contribution < -0.4 is 20.9 Å². The summed E-state index contributed by atoms with van der Waals surface area (Å²) in [5.74, 6) is -0.0281. The highest BCUT2D eigenvalue weighted by Crippen LogP contribution is 2.28. The van der Waals surface area contributed by atoms with E-state index in [-0.39, 0.29) is 40.2 Å². The minimum Gasteiger partial charge on any atom is -0.435 e. The van der Waals surface area contributed by atoms with Crippen molar-refractivity contribution in [3.05, 3.63) is 52.6 Å². The van der Waals surface area contributed by atoms with Gasteiger partial charge in [0.2, 0.25) is 10.0 Å². The Morgan fingerprint density at radius 2 is 1.81 bits per heavy atom. The summed E-state index contributed by atoms with van der Waals surface area (Å²) in [5.41, 5.74) is 5.35. The third-order valence-corrected chi connectivity index (χ3v) is 6.44. The van der Waals surface area contributed by atoms with E-state index in [1.807, 2.05) is 0 Å². The highest BCUT2D eigenvalue weighted by atomic mass is 32.2. The van der Waals surface area contributed by atoms with Crippen LogP contribution in [0.4, 0.5) is 25.8 Å². The number of alkyl halides is 2. The molecule has 0 aliphatic rings. The first-order valence-corrected chi connectivity index (χ1v) is 11.1. The number of hydrogen-bond acceptors (Lipinski definition) is 7. The van der Waals surface area contributed by atoms with Gasteiger partial charge in [0.1, 0.15) is 10.6 Å². The third kappa shape index (κ3) is 6.45. The number of nitro benzene ring substituents is 1. The minimum atomic E-state index is -4.02. The summed E-state index contributed by atoms with van der Waals surface area (Å²) in [7, 11) is -4.02. The molecule has 2 aromatic rings. The molecule has 0 unspecified atom stereocenters. The Kier molecular flexibility index (Phi) is 8.63. The molecular formula is C18H21F2N5O5S2. The molecule has 0 radical (unpaired) electrons. The normalized spacial score (nSPS) is 11.3. The zero-order chi connectivity index (χ0) is 23.9. The average Bonchev–Trinajstić information content (AvgIpc) is 2.73. The van der Waals surface area contributed by atoms with E-state index in [0.717, 1.165) is 16.4 Å². The first-order valence-electron chi connectivity index (χ1n) is 9.25. The van der Waals surface area contributed by atoms with Crippen molar-refractivity contribution < 1.29 is 26.9 Å². The van der Waals surface area contributed by atoms with Crippen LogP contribution in [0.1, 0.15) is 13.8 Å². The lowest BCUT2D eigenvalue weighted by Crippen LogP contribution is -2.35. The molecule has 0 bridgehead atoms.